The molecule has 0 bridgehead atoms. The van der Waals surface area contributed by atoms with Gasteiger partial charge in [0.25, 0.3) is 0 Å². The lowest BCUT2D eigenvalue weighted by Crippen LogP contribution is -2.47. The van der Waals surface area contributed by atoms with Crippen molar-refractivity contribution in [2.24, 2.45) is 0 Å². The van der Waals surface area contributed by atoms with Crippen LogP contribution in [0.4, 0.5) is 5.69 Å². The first-order chi connectivity index (χ1) is 8.20. The number of nitrogens with zero attached hydrogens (tertiary/aromatic N) is 2. The Morgan fingerprint density at radius 3 is 2.47 bits per heavy atom. The summed E-state index contributed by atoms with van der Waals surface area (Å²) in [5, 5.41) is 18.6. The minimum Gasteiger partial charge on any atom is -0.508 e. The number of β-amino-alcohol motifs (C(OH)–C–C–N with tert-alkyl or cyclic N) is 1. The molecule has 0 aromatic heterocycles. The smallest absolute Gasteiger partial charge is 0.120 e. The molecule has 1 aliphatic heterocycles. The second-order valence-corrected chi connectivity index (χ2v) is 4.52. The molecule has 1 aliphatic rings. The molecule has 0 radical (unpaired) electrons. The molecule has 0 atom stereocenters. The zero-order chi connectivity index (χ0) is 12.3. The molecular weight excluding hydrogens is 216 g/mol. The molecule has 1 aromatic rings. The number of anilines is 1. The van der Waals surface area contributed by atoms with E-state index in [1.165, 1.54) is 0 Å². The Hall–Kier alpha value is -1.26. The van der Waals surface area contributed by atoms with Crippen LogP contribution < -0.4 is 4.90 Å². The highest BCUT2D eigenvalue weighted by atomic mass is 16.3. The molecule has 2 rings (SSSR count). The summed E-state index contributed by atoms with van der Waals surface area (Å²) in [6.45, 7) is 6.71. The molecule has 1 saturated heterocycles. The van der Waals surface area contributed by atoms with Crippen molar-refractivity contribution in [2.45, 2.75) is 6.92 Å². The molecule has 1 fully saturated rings. The third kappa shape index (κ3) is 2.90. The Kier molecular flexibility index (Phi) is 3.86. The SMILES string of the molecule is Cc1ccc(N2CCN(CCO)CC2)cc1O. The second-order valence-electron chi connectivity index (χ2n) is 4.52. The van der Waals surface area contributed by atoms with E-state index in [-0.39, 0.29) is 6.61 Å². The fourth-order valence-electron chi connectivity index (χ4n) is 2.17. The summed E-state index contributed by atoms with van der Waals surface area (Å²) < 4.78 is 0. The molecule has 4 nitrogen and oxygen atoms in total. The van der Waals surface area contributed by atoms with Crippen LogP contribution in [0, 0.1) is 6.92 Å². The molecule has 94 valence electrons. The fourth-order valence-corrected chi connectivity index (χ4v) is 2.17. The van der Waals surface area contributed by atoms with Gasteiger partial charge in [-0.05, 0) is 18.6 Å². The number of phenolic OH excluding ortho intramolecular Hbond substituents is 1. The summed E-state index contributed by atoms with van der Waals surface area (Å²) in [5.74, 6) is 0.361. The number of hydrogen-bond acceptors (Lipinski definition) is 4. The summed E-state index contributed by atoms with van der Waals surface area (Å²) in [7, 11) is 0. The van der Waals surface area contributed by atoms with E-state index in [1.807, 2.05) is 19.1 Å². The topological polar surface area (TPSA) is 46.9 Å². The van der Waals surface area contributed by atoms with Crippen molar-refractivity contribution in [1.82, 2.24) is 4.90 Å². The zero-order valence-electron chi connectivity index (χ0n) is 10.3. The fraction of sp³-hybridized carbons (Fsp3) is 0.538. The lowest BCUT2D eigenvalue weighted by Gasteiger charge is -2.35. The van der Waals surface area contributed by atoms with Crippen LogP contribution in [0.15, 0.2) is 18.2 Å². The van der Waals surface area contributed by atoms with Gasteiger partial charge in [-0.3, -0.25) is 4.90 Å². The van der Waals surface area contributed by atoms with Crippen molar-refractivity contribution in [3.63, 3.8) is 0 Å². The van der Waals surface area contributed by atoms with Crippen LogP contribution in [-0.4, -0.2) is 54.4 Å². The van der Waals surface area contributed by atoms with E-state index in [9.17, 15) is 5.11 Å². The van der Waals surface area contributed by atoms with Crippen LogP contribution in [0.2, 0.25) is 0 Å². The molecule has 0 spiro atoms. The standard InChI is InChI=1S/C13H20N2O2/c1-11-2-3-12(10-13(11)17)15-6-4-14(5-7-15)8-9-16/h2-3,10,16-17H,4-9H2,1H3. The van der Waals surface area contributed by atoms with Crippen molar-refractivity contribution in [2.75, 3.05) is 44.2 Å². The van der Waals surface area contributed by atoms with Gasteiger partial charge in [-0.25, -0.2) is 0 Å². The summed E-state index contributed by atoms with van der Waals surface area (Å²) in [5.41, 5.74) is 1.99. The lowest BCUT2D eigenvalue weighted by molar-refractivity contribution is 0.189. The van der Waals surface area contributed by atoms with Gasteiger partial charge >= 0.3 is 0 Å². The first-order valence-corrected chi connectivity index (χ1v) is 6.08. The number of phenols is 1. The molecule has 0 aliphatic carbocycles. The maximum absolute atomic E-state index is 9.70. The summed E-state index contributed by atoms with van der Waals surface area (Å²) in [4.78, 5) is 4.53. The van der Waals surface area contributed by atoms with Gasteiger partial charge in [0, 0.05) is 44.5 Å². The lowest BCUT2D eigenvalue weighted by atomic mass is 10.1. The molecule has 0 amide bonds. The van der Waals surface area contributed by atoms with E-state index in [4.69, 9.17) is 5.11 Å². The third-order valence-corrected chi connectivity index (χ3v) is 3.35. The highest BCUT2D eigenvalue weighted by molar-refractivity contribution is 5.53. The van der Waals surface area contributed by atoms with Gasteiger partial charge in [0.15, 0.2) is 0 Å². The maximum atomic E-state index is 9.70. The Morgan fingerprint density at radius 1 is 1.18 bits per heavy atom. The first kappa shape index (κ1) is 12.2. The van der Waals surface area contributed by atoms with Gasteiger partial charge in [-0.1, -0.05) is 6.07 Å². The number of aromatic hydroxyl groups is 1. The molecular formula is C13H20N2O2. The quantitative estimate of drug-likeness (QED) is 0.815. The first-order valence-electron chi connectivity index (χ1n) is 6.08. The Morgan fingerprint density at radius 2 is 1.88 bits per heavy atom. The van der Waals surface area contributed by atoms with Crippen LogP contribution in [0.25, 0.3) is 0 Å². The molecule has 1 heterocycles. The third-order valence-electron chi connectivity index (χ3n) is 3.35. The summed E-state index contributed by atoms with van der Waals surface area (Å²) in [6.07, 6.45) is 0. The molecule has 0 saturated carbocycles. The van der Waals surface area contributed by atoms with Crippen molar-refractivity contribution < 1.29 is 10.2 Å². The normalized spacial score (nSPS) is 17.4. The van der Waals surface area contributed by atoms with Crippen LogP contribution in [-0.2, 0) is 0 Å². The van der Waals surface area contributed by atoms with E-state index < -0.39 is 0 Å². The number of aliphatic hydroxyl groups excluding tert-OH is 1. The van der Waals surface area contributed by atoms with Crippen LogP contribution in [0.3, 0.4) is 0 Å². The van der Waals surface area contributed by atoms with Crippen LogP contribution in [0.5, 0.6) is 5.75 Å². The number of rotatable bonds is 3. The highest BCUT2D eigenvalue weighted by Gasteiger charge is 2.16. The molecule has 17 heavy (non-hydrogen) atoms. The van der Waals surface area contributed by atoms with Gasteiger partial charge < -0.3 is 15.1 Å². The van der Waals surface area contributed by atoms with Crippen molar-refractivity contribution in [1.29, 1.82) is 0 Å². The molecule has 2 N–H and O–H groups in total. The largest absolute Gasteiger partial charge is 0.508 e. The van der Waals surface area contributed by atoms with Gasteiger partial charge in [0.1, 0.15) is 5.75 Å². The van der Waals surface area contributed by atoms with Crippen molar-refractivity contribution >= 4 is 5.69 Å². The average Bonchev–Trinajstić information content (AvgIpc) is 2.34. The van der Waals surface area contributed by atoms with Crippen molar-refractivity contribution in [3.8, 4) is 5.75 Å². The second kappa shape index (κ2) is 5.38. The van der Waals surface area contributed by atoms with E-state index in [0.29, 0.717) is 5.75 Å². The van der Waals surface area contributed by atoms with E-state index in [0.717, 1.165) is 44.0 Å². The number of hydrogen-bond donors (Lipinski definition) is 2. The Balaban J connectivity index is 1.98. The number of benzene rings is 1. The van der Waals surface area contributed by atoms with Gasteiger partial charge in [0.2, 0.25) is 0 Å². The van der Waals surface area contributed by atoms with Gasteiger partial charge in [0.05, 0.1) is 6.61 Å². The van der Waals surface area contributed by atoms with Crippen LogP contribution in [0.1, 0.15) is 5.56 Å². The zero-order valence-corrected chi connectivity index (χ0v) is 10.3. The number of piperazine rings is 1. The number of aliphatic hydroxyl groups is 1. The van der Waals surface area contributed by atoms with E-state index in [1.54, 1.807) is 0 Å². The maximum Gasteiger partial charge on any atom is 0.120 e. The minimum absolute atomic E-state index is 0.227. The van der Waals surface area contributed by atoms with E-state index in [2.05, 4.69) is 15.9 Å². The summed E-state index contributed by atoms with van der Waals surface area (Å²) in [6, 6.07) is 5.83. The Labute approximate surface area is 102 Å². The number of aryl methyl sites for hydroxylation is 1. The van der Waals surface area contributed by atoms with Crippen molar-refractivity contribution in [3.05, 3.63) is 23.8 Å². The molecule has 1 aromatic carbocycles. The van der Waals surface area contributed by atoms with Gasteiger partial charge in [-0.2, -0.15) is 0 Å². The molecule has 4 heteroatoms. The predicted octanol–water partition coefficient (Wildman–Crippen LogP) is 0.815. The Bertz CT molecular complexity index is 374. The summed E-state index contributed by atoms with van der Waals surface area (Å²) >= 11 is 0. The van der Waals surface area contributed by atoms with E-state index >= 15 is 0 Å². The highest BCUT2D eigenvalue weighted by Crippen LogP contribution is 2.24. The van der Waals surface area contributed by atoms with Gasteiger partial charge in [-0.15, -0.1) is 0 Å². The van der Waals surface area contributed by atoms with Crippen LogP contribution >= 0.6 is 0 Å². The monoisotopic (exact) mass is 236 g/mol. The molecule has 0 unspecified atom stereocenters. The minimum atomic E-state index is 0.227. The average molecular weight is 236 g/mol. The predicted molar refractivity (Wildman–Crippen MR) is 68.6 cm³/mol.